The van der Waals surface area contributed by atoms with Crippen LogP contribution in [0, 0.1) is 5.92 Å². The minimum atomic E-state index is -1.92. The molecule has 10 heteroatoms. The third-order valence-corrected chi connectivity index (χ3v) is 7.73. The van der Waals surface area contributed by atoms with Crippen molar-refractivity contribution in [1.82, 2.24) is 9.13 Å². The Morgan fingerprint density at radius 3 is 2.02 bits per heavy atom. The lowest BCUT2D eigenvalue weighted by molar-refractivity contribution is -0.139. The molecule has 0 aliphatic carbocycles. The third-order valence-electron chi connectivity index (χ3n) is 7.73. The fraction of sp³-hybridized carbons (Fsp3) is 0.242. The highest BCUT2D eigenvalue weighted by Gasteiger charge is 2.52. The van der Waals surface area contributed by atoms with Crippen LogP contribution in [0.4, 0.5) is 5.69 Å². The molecule has 43 heavy (non-hydrogen) atoms. The largest absolute Gasteiger partial charge is 0.491 e. The van der Waals surface area contributed by atoms with Crippen LogP contribution in [-0.4, -0.2) is 46.1 Å². The number of rotatable bonds is 10. The number of nitrogens with zero attached hydrogens (tertiary/aromatic N) is 3. The molecule has 0 spiro atoms. The van der Waals surface area contributed by atoms with Gasteiger partial charge < -0.3 is 24.6 Å². The van der Waals surface area contributed by atoms with Gasteiger partial charge >= 0.3 is 0 Å². The molecule has 2 N–H and O–H groups in total. The molecule has 1 aliphatic rings. The number of aliphatic hydroxyl groups excluding tert-OH is 1. The lowest BCUT2D eigenvalue weighted by atomic mass is 9.82. The Morgan fingerprint density at radius 2 is 1.44 bits per heavy atom. The predicted octanol–water partition coefficient (Wildman–Crippen LogP) is 3.31. The lowest BCUT2D eigenvalue weighted by Gasteiger charge is -2.28. The normalized spacial score (nSPS) is 16.9. The zero-order valence-electron chi connectivity index (χ0n) is 24.1. The molecule has 2 aromatic carbocycles. The summed E-state index contributed by atoms with van der Waals surface area (Å²) >= 11 is 0. The van der Waals surface area contributed by atoms with Crippen molar-refractivity contribution >= 4 is 11.6 Å². The van der Waals surface area contributed by atoms with Crippen molar-refractivity contribution < 1.29 is 24.5 Å². The van der Waals surface area contributed by atoms with Gasteiger partial charge in [0.05, 0.1) is 26.5 Å². The van der Waals surface area contributed by atoms with Crippen LogP contribution in [0.3, 0.4) is 0 Å². The first-order valence-corrected chi connectivity index (χ1v) is 13.8. The maximum absolute atomic E-state index is 14.0. The maximum atomic E-state index is 14.0. The van der Waals surface area contributed by atoms with Crippen molar-refractivity contribution in [3.63, 3.8) is 0 Å². The predicted molar refractivity (Wildman–Crippen MR) is 162 cm³/mol. The van der Waals surface area contributed by atoms with E-state index in [-0.39, 0.29) is 35.8 Å². The van der Waals surface area contributed by atoms with E-state index in [1.807, 2.05) is 12.1 Å². The van der Waals surface area contributed by atoms with Crippen LogP contribution in [0.25, 0.3) is 11.4 Å². The van der Waals surface area contributed by atoms with Crippen LogP contribution in [0.15, 0.2) is 101 Å². The molecular weight excluding hydrogens is 550 g/mol. The number of carbonyl (C=O) groups excluding carboxylic acids is 1. The fourth-order valence-electron chi connectivity index (χ4n) is 5.37. The number of hydrogen-bond acceptors (Lipinski definition) is 7. The summed E-state index contributed by atoms with van der Waals surface area (Å²) in [5.74, 6) is -0.763. The molecule has 2 aromatic heterocycles. The van der Waals surface area contributed by atoms with E-state index < -0.39 is 17.4 Å². The zero-order chi connectivity index (χ0) is 30.7. The second-order valence-corrected chi connectivity index (χ2v) is 10.3. The smallest absolute Gasteiger partial charge is 0.297 e. The number of anilines is 1. The number of aromatic nitrogens is 2. The first-order valence-electron chi connectivity index (χ1n) is 13.8. The Labute approximate surface area is 248 Å². The number of carbonyl (C=O) groups is 1. The summed E-state index contributed by atoms with van der Waals surface area (Å²) in [6.07, 6.45) is 7.07. The van der Waals surface area contributed by atoms with Gasteiger partial charge in [-0.2, -0.15) is 0 Å². The van der Waals surface area contributed by atoms with Gasteiger partial charge in [-0.15, -0.1) is 0 Å². The molecule has 10 nitrogen and oxygen atoms in total. The summed E-state index contributed by atoms with van der Waals surface area (Å²) in [6.45, 7) is 1.84. The second-order valence-electron chi connectivity index (χ2n) is 10.3. The average Bonchev–Trinajstić information content (AvgIpc) is 3.24. The van der Waals surface area contributed by atoms with Gasteiger partial charge in [0.1, 0.15) is 0 Å². The Bertz CT molecular complexity index is 1790. The molecule has 5 rings (SSSR count). The molecule has 1 amide bonds. The molecule has 1 aliphatic heterocycles. The van der Waals surface area contributed by atoms with E-state index in [2.05, 4.69) is 0 Å². The van der Waals surface area contributed by atoms with Gasteiger partial charge in [0.25, 0.3) is 17.0 Å². The Kier molecular flexibility index (Phi) is 8.33. The van der Waals surface area contributed by atoms with E-state index in [1.165, 1.54) is 28.3 Å². The number of amides is 1. The molecule has 4 aromatic rings. The molecule has 0 unspecified atom stereocenters. The average molecular weight is 584 g/mol. The highest BCUT2D eigenvalue weighted by molar-refractivity contribution is 6.07. The Hall–Kier alpha value is -4.93. The Balaban J connectivity index is 1.54. The minimum Gasteiger partial charge on any atom is -0.491 e. The monoisotopic (exact) mass is 583 g/mol. The number of benzene rings is 2. The molecule has 0 saturated heterocycles. The van der Waals surface area contributed by atoms with Crippen LogP contribution >= 0.6 is 0 Å². The first-order chi connectivity index (χ1) is 20.7. The topological polar surface area (TPSA) is 123 Å². The van der Waals surface area contributed by atoms with Gasteiger partial charge in [0.15, 0.2) is 17.1 Å². The second kappa shape index (κ2) is 12.1. The number of methoxy groups -OCH3 is 2. The summed E-state index contributed by atoms with van der Waals surface area (Å²) < 4.78 is 13.2. The van der Waals surface area contributed by atoms with E-state index in [0.717, 1.165) is 5.56 Å². The fourth-order valence-corrected chi connectivity index (χ4v) is 5.37. The van der Waals surface area contributed by atoms with Crippen LogP contribution < -0.4 is 25.5 Å². The number of fused-ring (bicyclic) bond motifs is 1. The van der Waals surface area contributed by atoms with E-state index in [9.17, 15) is 24.6 Å². The Morgan fingerprint density at radius 1 is 0.860 bits per heavy atom. The van der Waals surface area contributed by atoms with Crippen LogP contribution in [0.2, 0.25) is 0 Å². The van der Waals surface area contributed by atoms with E-state index >= 15 is 0 Å². The first kappa shape index (κ1) is 29.6. The molecule has 0 fully saturated rings. The zero-order valence-corrected chi connectivity index (χ0v) is 24.1. The number of pyridine rings is 2. The highest BCUT2D eigenvalue weighted by Crippen LogP contribution is 2.46. The molecule has 2 atom stereocenters. The maximum Gasteiger partial charge on any atom is 0.297 e. The molecule has 0 bridgehead atoms. The van der Waals surface area contributed by atoms with Crippen molar-refractivity contribution in [2.75, 3.05) is 25.7 Å². The molecule has 0 saturated carbocycles. The van der Waals surface area contributed by atoms with Gasteiger partial charge in [-0.1, -0.05) is 31.2 Å². The van der Waals surface area contributed by atoms with Crippen molar-refractivity contribution in [2.24, 2.45) is 5.92 Å². The molecule has 0 radical (unpaired) electrons. The van der Waals surface area contributed by atoms with Gasteiger partial charge in [-0.05, 0) is 66.6 Å². The highest BCUT2D eigenvalue weighted by atomic mass is 16.5. The summed E-state index contributed by atoms with van der Waals surface area (Å²) in [5.41, 5.74) is 0.172. The number of aliphatic hydroxyl groups is 2. The summed E-state index contributed by atoms with van der Waals surface area (Å²) in [4.78, 5) is 41.2. The molecular formula is C33H33N3O7. The number of hydrogen-bond donors (Lipinski definition) is 2. The number of ether oxygens (including phenoxy) is 2. The van der Waals surface area contributed by atoms with Gasteiger partial charge in [0.2, 0.25) is 0 Å². The minimum absolute atomic E-state index is 0.0565. The van der Waals surface area contributed by atoms with E-state index in [1.54, 1.807) is 86.1 Å². The summed E-state index contributed by atoms with van der Waals surface area (Å²) in [5, 5.41) is 21.3. The summed E-state index contributed by atoms with van der Waals surface area (Å²) in [6, 6.07) is 18.9. The van der Waals surface area contributed by atoms with Gasteiger partial charge in [-0.3, -0.25) is 23.5 Å². The quantitative estimate of drug-likeness (QED) is 0.275. The SMILES string of the molecule is COc1cccn(-c2ccc(CN3C(=O)[C@](O)([C@H](C)/C=C/CCO)c4cc(-n5cccc(OC)c5=O)ccc43)cc2)c1=O. The van der Waals surface area contributed by atoms with Crippen LogP contribution in [-0.2, 0) is 16.9 Å². The van der Waals surface area contributed by atoms with E-state index in [4.69, 9.17) is 9.47 Å². The standard InChI is InChI=1S/C33H33N3O7/c1-22(8-4-5-19-37)33(41)26-20-25(35-18-7-10-29(43-3)31(35)39)15-16-27(26)36(32(33)40)21-23-11-13-24(14-12-23)34-17-6-9-28(42-2)30(34)38/h4,6-18,20,22,37,41H,5,19,21H2,1-3H3/b8-4+/t22-,33+/m1/s1. The van der Waals surface area contributed by atoms with Gasteiger partial charge in [0, 0.05) is 41.9 Å². The molecule has 3 heterocycles. The lowest BCUT2D eigenvalue weighted by Crippen LogP contribution is -2.44. The van der Waals surface area contributed by atoms with Crippen molar-refractivity contribution in [3.8, 4) is 22.9 Å². The van der Waals surface area contributed by atoms with Gasteiger partial charge in [-0.25, -0.2) is 0 Å². The van der Waals surface area contributed by atoms with Crippen molar-refractivity contribution in [3.05, 3.63) is 123 Å². The van der Waals surface area contributed by atoms with Crippen LogP contribution in [0.5, 0.6) is 11.5 Å². The van der Waals surface area contributed by atoms with Crippen molar-refractivity contribution in [1.29, 1.82) is 0 Å². The molecule has 222 valence electrons. The van der Waals surface area contributed by atoms with Crippen LogP contribution in [0.1, 0.15) is 24.5 Å². The summed E-state index contributed by atoms with van der Waals surface area (Å²) in [7, 11) is 2.86. The third kappa shape index (κ3) is 5.26. The van der Waals surface area contributed by atoms with E-state index in [0.29, 0.717) is 29.0 Å². The van der Waals surface area contributed by atoms with Crippen molar-refractivity contribution in [2.45, 2.75) is 25.5 Å².